The second-order valence-corrected chi connectivity index (χ2v) is 9.41. The molecular formula is C19H25N3O3S. The fourth-order valence-corrected chi connectivity index (χ4v) is 5.69. The van der Waals surface area contributed by atoms with E-state index in [-0.39, 0.29) is 17.7 Å². The number of rotatable bonds is 3. The van der Waals surface area contributed by atoms with Crippen molar-refractivity contribution in [2.24, 2.45) is 5.92 Å². The van der Waals surface area contributed by atoms with E-state index in [1.165, 1.54) is 0 Å². The third-order valence-electron chi connectivity index (χ3n) is 5.71. The second kappa shape index (κ2) is 6.68. The Morgan fingerprint density at radius 3 is 2.69 bits per heavy atom. The number of nitrogens with one attached hydrogen (secondary N) is 1. The van der Waals surface area contributed by atoms with E-state index in [4.69, 9.17) is 0 Å². The van der Waals surface area contributed by atoms with Crippen LogP contribution in [0.15, 0.2) is 24.3 Å². The molecule has 1 aromatic rings. The van der Waals surface area contributed by atoms with Gasteiger partial charge in [-0.2, -0.15) is 0 Å². The van der Waals surface area contributed by atoms with Crippen molar-refractivity contribution >= 4 is 28.4 Å². The van der Waals surface area contributed by atoms with Gasteiger partial charge in [0.05, 0.1) is 10.8 Å². The summed E-state index contributed by atoms with van der Waals surface area (Å²) in [6, 6.07) is 7.58. The first-order valence-corrected chi connectivity index (χ1v) is 10.6. The normalized spacial score (nSPS) is 25.0. The van der Waals surface area contributed by atoms with Crippen molar-refractivity contribution < 1.29 is 13.8 Å². The maximum absolute atomic E-state index is 12.7. The van der Waals surface area contributed by atoms with E-state index in [9.17, 15) is 13.8 Å². The van der Waals surface area contributed by atoms with Crippen molar-refractivity contribution in [2.45, 2.75) is 37.5 Å². The first kappa shape index (κ1) is 17.5. The molecule has 2 saturated heterocycles. The highest BCUT2D eigenvalue weighted by Crippen LogP contribution is 2.41. The number of hydrogen-bond acceptors (Lipinski definition) is 3. The van der Waals surface area contributed by atoms with Gasteiger partial charge in [0.25, 0.3) is 0 Å². The predicted molar refractivity (Wildman–Crippen MR) is 101 cm³/mol. The summed E-state index contributed by atoms with van der Waals surface area (Å²) < 4.78 is 12.7. The lowest BCUT2D eigenvalue weighted by molar-refractivity contribution is -0.131. The van der Waals surface area contributed by atoms with Gasteiger partial charge in [-0.25, -0.2) is 4.79 Å². The van der Waals surface area contributed by atoms with Crippen LogP contribution >= 0.6 is 0 Å². The molecule has 0 bridgehead atoms. The van der Waals surface area contributed by atoms with Crippen LogP contribution < -0.4 is 5.32 Å². The standard InChI is InChI=1S/C19H25N3O3S/c1-14-3-2-4-16(11-14)20-18(24)21-9-7-19(8-10-21)22(12-15-5-6-15)17(23)13-26(19)25/h2-4,11,15H,5-10,12-13H2,1H3,(H,20,24). The molecule has 3 fully saturated rings. The van der Waals surface area contributed by atoms with E-state index < -0.39 is 15.7 Å². The molecule has 0 radical (unpaired) electrons. The Morgan fingerprint density at radius 2 is 2.04 bits per heavy atom. The van der Waals surface area contributed by atoms with Gasteiger partial charge in [-0.15, -0.1) is 0 Å². The molecule has 1 N–H and O–H groups in total. The van der Waals surface area contributed by atoms with E-state index in [0.29, 0.717) is 31.8 Å². The lowest BCUT2D eigenvalue weighted by atomic mass is 10.0. The Kier molecular flexibility index (Phi) is 4.50. The highest BCUT2D eigenvalue weighted by molar-refractivity contribution is 7.87. The van der Waals surface area contributed by atoms with Crippen LogP contribution in [0.1, 0.15) is 31.2 Å². The van der Waals surface area contributed by atoms with Gasteiger partial charge >= 0.3 is 6.03 Å². The smallest absolute Gasteiger partial charge is 0.321 e. The van der Waals surface area contributed by atoms with E-state index >= 15 is 0 Å². The van der Waals surface area contributed by atoms with Crippen molar-refractivity contribution in [2.75, 3.05) is 30.7 Å². The molecule has 3 amide bonds. The molecule has 1 atom stereocenters. The zero-order chi connectivity index (χ0) is 18.3. The third-order valence-corrected chi connectivity index (χ3v) is 7.70. The number of hydrogen-bond donors (Lipinski definition) is 1. The first-order valence-electron chi connectivity index (χ1n) is 9.29. The molecule has 1 aromatic carbocycles. The predicted octanol–water partition coefficient (Wildman–Crippen LogP) is 2.32. The number of nitrogens with zero attached hydrogens (tertiary/aromatic N) is 2. The Morgan fingerprint density at radius 1 is 1.31 bits per heavy atom. The van der Waals surface area contributed by atoms with Gasteiger partial charge in [-0.3, -0.25) is 9.00 Å². The molecule has 6 nitrogen and oxygen atoms in total. The van der Waals surface area contributed by atoms with Gasteiger partial charge in [0.2, 0.25) is 5.91 Å². The van der Waals surface area contributed by atoms with Crippen LogP contribution in [0.5, 0.6) is 0 Å². The maximum atomic E-state index is 12.7. The Labute approximate surface area is 156 Å². The zero-order valence-electron chi connectivity index (χ0n) is 15.1. The first-order chi connectivity index (χ1) is 12.5. The number of benzene rings is 1. The molecule has 3 aliphatic rings. The minimum Gasteiger partial charge on any atom is -0.324 e. The van der Waals surface area contributed by atoms with E-state index in [0.717, 1.165) is 30.6 Å². The maximum Gasteiger partial charge on any atom is 0.321 e. The molecule has 1 saturated carbocycles. The minimum absolute atomic E-state index is 0.0212. The van der Waals surface area contributed by atoms with Crippen molar-refractivity contribution in [3.63, 3.8) is 0 Å². The molecule has 1 unspecified atom stereocenters. The summed E-state index contributed by atoms with van der Waals surface area (Å²) in [6.45, 7) is 3.77. The van der Waals surface area contributed by atoms with Crippen LogP contribution in [0, 0.1) is 12.8 Å². The number of piperidine rings is 1. The highest BCUT2D eigenvalue weighted by Gasteiger charge is 2.54. The summed E-state index contributed by atoms with van der Waals surface area (Å²) in [5, 5.41) is 2.94. The van der Waals surface area contributed by atoms with Crippen molar-refractivity contribution in [3.8, 4) is 0 Å². The van der Waals surface area contributed by atoms with Crippen LogP contribution in [0.2, 0.25) is 0 Å². The van der Waals surface area contributed by atoms with E-state index in [1.54, 1.807) is 4.90 Å². The van der Waals surface area contributed by atoms with E-state index in [1.807, 2.05) is 36.1 Å². The molecule has 140 valence electrons. The van der Waals surface area contributed by atoms with Crippen LogP contribution in [0.4, 0.5) is 10.5 Å². The number of amides is 3. The summed E-state index contributed by atoms with van der Waals surface area (Å²) in [5.41, 5.74) is 1.88. The zero-order valence-corrected chi connectivity index (χ0v) is 15.9. The molecule has 4 rings (SSSR count). The molecular weight excluding hydrogens is 350 g/mol. The van der Waals surface area contributed by atoms with Crippen molar-refractivity contribution in [1.82, 2.24) is 9.80 Å². The van der Waals surface area contributed by atoms with Gasteiger partial charge in [0.15, 0.2) is 0 Å². The SMILES string of the molecule is Cc1cccc(NC(=O)N2CCC3(CC2)N(CC2CC2)C(=O)CS3=O)c1. The lowest BCUT2D eigenvalue weighted by Crippen LogP contribution is -2.56. The Hall–Kier alpha value is -1.89. The summed E-state index contributed by atoms with van der Waals surface area (Å²) in [6.07, 6.45) is 3.52. The number of likely N-dealkylation sites (tertiary alicyclic amines) is 1. The van der Waals surface area contributed by atoms with Crippen LogP contribution in [-0.4, -0.2) is 56.2 Å². The summed E-state index contributed by atoms with van der Waals surface area (Å²) in [5.74, 6) is 0.740. The fourth-order valence-electron chi connectivity index (χ4n) is 3.98. The summed E-state index contributed by atoms with van der Waals surface area (Å²) >= 11 is 0. The van der Waals surface area contributed by atoms with Gasteiger partial charge in [-0.1, -0.05) is 12.1 Å². The quantitative estimate of drug-likeness (QED) is 0.881. The molecule has 1 aliphatic carbocycles. The third kappa shape index (κ3) is 3.24. The van der Waals surface area contributed by atoms with E-state index in [2.05, 4.69) is 5.32 Å². The average Bonchev–Trinajstić information content (AvgIpc) is 3.40. The van der Waals surface area contributed by atoms with Crippen LogP contribution in [-0.2, 0) is 15.6 Å². The molecule has 7 heteroatoms. The minimum atomic E-state index is -1.17. The number of anilines is 1. The van der Waals surface area contributed by atoms with Crippen LogP contribution in [0.3, 0.4) is 0 Å². The molecule has 0 aromatic heterocycles. The number of urea groups is 1. The number of carbonyl (C=O) groups excluding carboxylic acids is 2. The van der Waals surface area contributed by atoms with Gasteiger partial charge in [0, 0.05) is 38.2 Å². The lowest BCUT2D eigenvalue weighted by Gasteiger charge is -2.43. The monoisotopic (exact) mass is 375 g/mol. The fraction of sp³-hybridized carbons (Fsp3) is 0.579. The highest BCUT2D eigenvalue weighted by atomic mass is 32.2. The molecule has 2 aliphatic heterocycles. The summed E-state index contributed by atoms with van der Waals surface area (Å²) in [4.78, 5) is 28.0. The Bertz CT molecular complexity index is 754. The molecule has 2 heterocycles. The van der Waals surface area contributed by atoms with Gasteiger partial charge in [-0.05, 0) is 43.4 Å². The summed E-state index contributed by atoms with van der Waals surface area (Å²) in [7, 11) is -1.17. The van der Waals surface area contributed by atoms with Crippen molar-refractivity contribution in [3.05, 3.63) is 29.8 Å². The molecule has 26 heavy (non-hydrogen) atoms. The Balaban J connectivity index is 1.41. The van der Waals surface area contributed by atoms with Gasteiger partial charge < -0.3 is 15.1 Å². The largest absolute Gasteiger partial charge is 0.324 e. The van der Waals surface area contributed by atoms with Crippen molar-refractivity contribution in [1.29, 1.82) is 0 Å². The second-order valence-electron chi connectivity index (χ2n) is 7.67. The van der Waals surface area contributed by atoms with Crippen LogP contribution in [0.25, 0.3) is 0 Å². The molecule has 1 spiro atoms. The average molecular weight is 375 g/mol. The number of carbonyl (C=O) groups is 2. The number of aryl methyl sites for hydroxylation is 1. The van der Waals surface area contributed by atoms with Gasteiger partial charge in [0.1, 0.15) is 10.6 Å². The topological polar surface area (TPSA) is 69.7 Å².